The number of carbonyl (C=O) groups excluding carboxylic acids is 2. The highest BCUT2D eigenvalue weighted by molar-refractivity contribution is 5.77. The Balaban J connectivity index is 4.13. The molecule has 0 aromatic rings. The van der Waals surface area contributed by atoms with E-state index in [0.717, 1.165) is 0 Å². The van der Waals surface area contributed by atoms with Crippen molar-refractivity contribution in [3.05, 3.63) is 0 Å². The quantitative estimate of drug-likeness (QED) is 0.640. The van der Waals surface area contributed by atoms with Crippen LogP contribution in [0.4, 0.5) is 0 Å². The van der Waals surface area contributed by atoms with Crippen LogP contribution in [0.1, 0.15) is 61.3 Å². The molecule has 0 saturated carbocycles. The zero-order valence-corrected chi connectivity index (χ0v) is 13.9. The smallest absolute Gasteiger partial charge is 0.306 e. The summed E-state index contributed by atoms with van der Waals surface area (Å²) in [6.07, 6.45) is -0.0658. The first-order valence-corrected chi connectivity index (χ1v) is 7.54. The SMILES string of the molecule is CC(C)C(C)OC(=O)CCC(=O)OC(C(C)C)C(C)C. The minimum absolute atomic E-state index is 0.0821. The molecule has 0 aromatic carbocycles. The van der Waals surface area contributed by atoms with Gasteiger partial charge in [0.15, 0.2) is 0 Å². The molecule has 20 heavy (non-hydrogen) atoms. The Bertz CT molecular complexity index is 300. The van der Waals surface area contributed by atoms with Crippen molar-refractivity contribution in [3.63, 3.8) is 0 Å². The van der Waals surface area contributed by atoms with E-state index in [1.165, 1.54) is 0 Å². The maximum atomic E-state index is 11.8. The highest BCUT2D eigenvalue weighted by atomic mass is 16.6. The zero-order valence-electron chi connectivity index (χ0n) is 13.9. The maximum Gasteiger partial charge on any atom is 0.306 e. The van der Waals surface area contributed by atoms with E-state index in [4.69, 9.17) is 9.47 Å². The van der Waals surface area contributed by atoms with E-state index in [9.17, 15) is 9.59 Å². The van der Waals surface area contributed by atoms with Gasteiger partial charge in [0.05, 0.1) is 12.8 Å². The van der Waals surface area contributed by atoms with Crippen molar-refractivity contribution in [1.82, 2.24) is 0 Å². The molecule has 0 aromatic heterocycles. The summed E-state index contributed by atoms with van der Waals surface area (Å²) in [5.41, 5.74) is 0. The summed E-state index contributed by atoms with van der Waals surface area (Å²) in [5, 5.41) is 0. The van der Waals surface area contributed by atoms with Crippen molar-refractivity contribution in [2.45, 2.75) is 73.5 Å². The molecule has 0 N–H and O–H groups in total. The molecule has 118 valence electrons. The second-order valence-corrected chi connectivity index (χ2v) is 6.38. The lowest BCUT2D eigenvalue weighted by atomic mass is 9.96. The highest BCUT2D eigenvalue weighted by Crippen LogP contribution is 2.17. The minimum atomic E-state index is -0.339. The van der Waals surface area contributed by atoms with Gasteiger partial charge in [-0.05, 0) is 24.7 Å². The molecule has 1 atom stereocenters. The molecule has 4 heteroatoms. The summed E-state index contributed by atoms with van der Waals surface area (Å²) in [5.74, 6) is 0.149. The summed E-state index contributed by atoms with van der Waals surface area (Å²) in [6, 6.07) is 0. The fraction of sp³-hybridized carbons (Fsp3) is 0.875. The van der Waals surface area contributed by atoms with Crippen molar-refractivity contribution >= 4 is 11.9 Å². The number of carbonyl (C=O) groups is 2. The molecule has 4 nitrogen and oxygen atoms in total. The average Bonchev–Trinajstić information content (AvgIpc) is 2.32. The lowest BCUT2D eigenvalue weighted by molar-refractivity contribution is -0.159. The van der Waals surface area contributed by atoms with E-state index in [0.29, 0.717) is 0 Å². The third-order valence-electron chi connectivity index (χ3n) is 3.37. The normalized spacial score (nSPS) is 13.2. The molecule has 0 radical (unpaired) electrons. The zero-order chi connectivity index (χ0) is 15.9. The molecule has 1 unspecified atom stereocenters. The molecule has 0 aliphatic rings. The Kier molecular flexibility index (Phi) is 8.51. The predicted molar refractivity (Wildman–Crippen MR) is 79.2 cm³/mol. The van der Waals surface area contributed by atoms with Gasteiger partial charge in [-0.15, -0.1) is 0 Å². The highest BCUT2D eigenvalue weighted by Gasteiger charge is 2.22. The lowest BCUT2D eigenvalue weighted by Gasteiger charge is -2.24. The largest absolute Gasteiger partial charge is 0.462 e. The van der Waals surface area contributed by atoms with Crippen molar-refractivity contribution < 1.29 is 19.1 Å². The van der Waals surface area contributed by atoms with Crippen molar-refractivity contribution in [3.8, 4) is 0 Å². The summed E-state index contributed by atoms with van der Waals surface area (Å²) in [6.45, 7) is 13.9. The van der Waals surface area contributed by atoms with E-state index in [1.807, 2.05) is 48.5 Å². The average molecular weight is 286 g/mol. The van der Waals surface area contributed by atoms with Gasteiger partial charge >= 0.3 is 11.9 Å². The second-order valence-electron chi connectivity index (χ2n) is 6.38. The van der Waals surface area contributed by atoms with Gasteiger partial charge in [-0.25, -0.2) is 0 Å². The van der Waals surface area contributed by atoms with E-state index in [2.05, 4.69) is 0 Å². The first-order chi connectivity index (χ1) is 9.15. The molecule has 0 amide bonds. The first-order valence-electron chi connectivity index (χ1n) is 7.54. The van der Waals surface area contributed by atoms with Crippen LogP contribution in [0.25, 0.3) is 0 Å². The summed E-state index contributed by atoms with van der Waals surface area (Å²) in [7, 11) is 0. The molecule has 0 heterocycles. The Morgan fingerprint density at radius 1 is 0.700 bits per heavy atom. The van der Waals surface area contributed by atoms with Crippen LogP contribution in [-0.2, 0) is 19.1 Å². The Morgan fingerprint density at radius 2 is 1.10 bits per heavy atom. The Labute approximate surface area is 123 Å². The van der Waals surface area contributed by atoms with Gasteiger partial charge in [0.2, 0.25) is 0 Å². The van der Waals surface area contributed by atoms with Crippen LogP contribution < -0.4 is 0 Å². The third-order valence-corrected chi connectivity index (χ3v) is 3.37. The fourth-order valence-electron chi connectivity index (χ4n) is 1.86. The van der Waals surface area contributed by atoms with Gasteiger partial charge in [-0.1, -0.05) is 41.5 Å². The molecule has 0 saturated heterocycles. The molecular formula is C16H30O4. The number of esters is 2. The van der Waals surface area contributed by atoms with Crippen LogP contribution in [0.3, 0.4) is 0 Å². The monoisotopic (exact) mass is 286 g/mol. The molecule has 0 bridgehead atoms. The van der Waals surface area contributed by atoms with Crippen molar-refractivity contribution in [2.24, 2.45) is 17.8 Å². The van der Waals surface area contributed by atoms with Gasteiger partial charge in [0, 0.05) is 0 Å². The summed E-state index contributed by atoms with van der Waals surface area (Å²) in [4.78, 5) is 23.3. The van der Waals surface area contributed by atoms with Gasteiger partial charge in [-0.2, -0.15) is 0 Å². The van der Waals surface area contributed by atoms with Crippen molar-refractivity contribution in [2.75, 3.05) is 0 Å². The van der Waals surface area contributed by atoms with Gasteiger partial charge in [-0.3, -0.25) is 9.59 Å². The van der Waals surface area contributed by atoms with E-state index >= 15 is 0 Å². The molecule has 0 aliphatic carbocycles. The molecule has 0 rings (SSSR count). The summed E-state index contributed by atoms with van der Waals surface area (Å²) >= 11 is 0. The number of ether oxygens (including phenoxy) is 2. The van der Waals surface area contributed by atoms with Crippen LogP contribution >= 0.6 is 0 Å². The summed E-state index contributed by atoms with van der Waals surface area (Å²) < 4.78 is 10.6. The first kappa shape index (κ1) is 18.9. The van der Waals surface area contributed by atoms with E-state index < -0.39 is 0 Å². The molecule has 0 spiro atoms. The molecular weight excluding hydrogens is 256 g/mol. The molecule has 0 fully saturated rings. The number of hydrogen-bond donors (Lipinski definition) is 0. The molecule has 0 aliphatic heterocycles. The van der Waals surface area contributed by atoms with Crippen LogP contribution in [-0.4, -0.2) is 24.1 Å². The fourth-order valence-corrected chi connectivity index (χ4v) is 1.86. The van der Waals surface area contributed by atoms with E-state index in [-0.39, 0.29) is 54.7 Å². The van der Waals surface area contributed by atoms with Crippen molar-refractivity contribution in [1.29, 1.82) is 0 Å². The second kappa shape index (κ2) is 8.98. The Morgan fingerprint density at radius 3 is 1.45 bits per heavy atom. The van der Waals surface area contributed by atoms with Crippen LogP contribution in [0.15, 0.2) is 0 Å². The van der Waals surface area contributed by atoms with Crippen LogP contribution in [0, 0.1) is 17.8 Å². The third kappa shape index (κ3) is 7.51. The van der Waals surface area contributed by atoms with Gasteiger partial charge < -0.3 is 9.47 Å². The number of rotatable bonds is 8. The minimum Gasteiger partial charge on any atom is -0.462 e. The van der Waals surface area contributed by atoms with E-state index in [1.54, 1.807) is 0 Å². The van der Waals surface area contributed by atoms with Crippen LogP contribution in [0.5, 0.6) is 0 Å². The topological polar surface area (TPSA) is 52.6 Å². The van der Waals surface area contributed by atoms with Crippen LogP contribution in [0.2, 0.25) is 0 Å². The maximum absolute atomic E-state index is 11.8. The Hall–Kier alpha value is -1.06. The van der Waals surface area contributed by atoms with Gasteiger partial charge in [0.1, 0.15) is 12.2 Å². The van der Waals surface area contributed by atoms with Gasteiger partial charge in [0.25, 0.3) is 0 Å². The standard InChI is InChI=1S/C16H30O4/c1-10(2)13(7)19-14(17)8-9-15(18)20-16(11(3)4)12(5)6/h10-13,16H,8-9H2,1-7H3. The predicted octanol–water partition coefficient (Wildman–Crippen LogP) is 3.58. The lowest BCUT2D eigenvalue weighted by Crippen LogP contribution is -2.29. The number of hydrogen-bond acceptors (Lipinski definition) is 4.